The van der Waals surface area contributed by atoms with Crippen LogP contribution in [-0.2, 0) is 11.3 Å². The number of carbonyl (C=O) groups excluding carboxylic acids is 1. The molecule has 31 heavy (non-hydrogen) atoms. The van der Waals surface area contributed by atoms with E-state index in [1.807, 2.05) is 29.6 Å². The Kier molecular flexibility index (Phi) is 7.30. The Morgan fingerprint density at radius 3 is 2.61 bits per heavy atom. The minimum absolute atomic E-state index is 0.0123. The zero-order valence-electron chi connectivity index (χ0n) is 17.8. The number of aromatic nitrogens is 1. The van der Waals surface area contributed by atoms with Gasteiger partial charge >= 0.3 is 0 Å². The van der Waals surface area contributed by atoms with Gasteiger partial charge in [-0.25, -0.2) is 4.98 Å². The van der Waals surface area contributed by atoms with Gasteiger partial charge in [0.2, 0.25) is 5.91 Å². The molecule has 0 bridgehead atoms. The van der Waals surface area contributed by atoms with Gasteiger partial charge in [0.15, 0.2) is 5.13 Å². The lowest BCUT2D eigenvalue weighted by atomic mass is 10.2. The third kappa shape index (κ3) is 6.13. The van der Waals surface area contributed by atoms with E-state index in [1.54, 1.807) is 7.11 Å². The van der Waals surface area contributed by atoms with Gasteiger partial charge in [0.05, 0.1) is 12.8 Å². The molecule has 1 amide bonds. The van der Waals surface area contributed by atoms with Crippen molar-refractivity contribution in [3.63, 3.8) is 0 Å². The van der Waals surface area contributed by atoms with E-state index in [1.165, 1.54) is 16.9 Å². The van der Waals surface area contributed by atoms with Gasteiger partial charge in [-0.05, 0) is 17.7 Å². The largest absolute Gasteiger partial charge is 0.497 e. The third-order valence-electron chi connectivity index (χ3n) is 5.49. The number of rotatable bonds is 8. The Morgan fingerprint density at radius 2 is 1.84 bits per heavy atom. The van der Waals surface area contributed by atoms with Crippen molar-refractivity contribution in [3.05, 3.63) is 65.5 Å². The lowest BCUT2D eigenvalue weighted by molar-refractivity contribution is -0.116. The number of ether oxygens (including phenoxy) is 1. The molecule has 1 aliphatic heterocycles. The number of piperazine rings is 1. The molecule has 1 aromatic heterocycles. The summed E-state index contributed by atoms with van der Waals surface area (Å²) in [6.07, 6.45) is 0.479. The quantitative estimate of drug-likeness (QED) is 0.579. The lowest BCUT2D eigenvalue weighted by Crippen LogP contribution is -2.46. The van der Waals surface area contributed by atoms with Gasteiger partial charge in [-0.15, -0.1) is 11.3 Å². The van der Waals surface area contributed by atoms with Crippen LogP contribution < -0.4 is 10.1 Å². The number of hydrogen-bond acceptors (Lipinski definition) is 6. The van der Waals surface area contributed by atoms with Crippen molar-refractivity contribution in [2.45, 2.75) is 13.0 Å². The Labute approximate surface area is 187 Å². The van der Waals surface area contributed by atoms with Gasteiger partial charge in [-0.1, -0.05) is 42.5 Å². The number of thiazole rings is 1. The van der Waals surface area contributed by atoms with Crippen molar-refractivity contribution >= 4 is 22.4 Å². The summed E-state index contributed by atoms with van der Waals surface area (Å²) in [7, 11) is 1.65. The van der Waals surface area contributed by atoms with E-state index in [0.29, 0.717) is 11.6 Å². The summed E-state index contributed by atoms with van der Waals surface area (Å²) < 4.78 is 5.27. The average Bonchev–Trinajstić information content (AvgIpc) is 3.28. The summed E-state index contributed by atoms with van der Waals surface area (Å²) in [5, 5.41) is 5.53. The van der Waals surface area contributed by atoms with E-state index in [4.69, 9.17) is 4.74 Å². The predicted molar refractivity (Wildman–Crippen MR) is 126 cm³/mol. The summed E-state index contributed by atoms with van der Waals surface area (Å²) >= 11 is 1.44. The standard InChI is InChI=1S/C24H28N4O2S/c1-30-21-9-5-8-20(16-21)22-18-31-24(25-22)26-23(29)10-11-27-12-14-28(15-13-27)17-19-6-3-2-4-7-19/h2-9,16,18H,10-15,17H2,1H3,(H,25,26,29). The van der Waals surface area contributed by atoms with Crippen LogP contribution >= 0.6 is 11.3 Å². The third-order valence-corrected chi connectivity index (χ3v) is 6.24. The average molecular weight is 437 g/mol. The topological polar surface area (TPSA) is 57.7 Å². The number of carbonyl (C=O) groups is 1. The zero-order chi connectivity index (χ0) is 21.5. The molecule has 2 heterocycles. The van der Waals surface area contributed by atoms with Crippen LogP contribution in [0.4, 0.5) is 5.13 Å². The molecular weight excluding hydrogens is 408 g/mol. The van der Waals surface area contributed by atoms with Gasteiger partial charge in [-0.3, -0.25) is 9.69 Å². The highest BCUT2D eigenvalue weighted by Crippen LogP contribution is 2.27. The van der Waals surface area contributed by atoms with Crippen molar-refractivity contribution in [1.82, 2.24) is 14.8 Å². The Bertz CT molecular complexity index is 984. The van der Waals surface area contributed by atoms with Crippen LogP contribution in [-0.4, -0.2) is 60.5 Å². The number of nitrogens with one attached hydrogen (secondary N) is 1. The minimum atomic E-state index is 0.0123. The molecule has 0 radical (unpaired) electrons. The van der Waals surface area contributed by atoms with Gasteiger partial charge in [-0.2, -0.15) is 0 Å². The zero-order valence-corrected chi connectivity index (χ0v) is 18.6. The van der Waals surface area contributed by atoms with E-state index >= 15 is 0 Å². The SMILES string of the molecule is COc1cccc(-c2csc(NC(=O)CCN3CCN(Cc4ccccc4)CC3)n2)c1. The maximum atomic E-state index is 12.4. The second-order valence-corrected chi connectivity index (χ2v) is 8.53. The molecule has 1 aliphatic rings. The van der Waals surface area contributed by atoms with Gasteiger partial charge in [0.1, 0.15) is 5.75 Å². The number of amides is 1. The first-order valence-electron chi connectivity index (χ1n) is 10.6. The number of hydrogen-bond donors (Lipinski definition) is 1. The monoisotopic (exact) mass is 436 g/mol. The first kappa shape index (κ1) is 21.5. The molecule has 1 N–H and O–H groups in total. The fourth-order valence-corrected chi connectivity index (χ4v) is 4.44. The molecule has 1 fully saturated rings. The summed E-state index contributed by atoms with van der Waals surface area (Å²) in [6.45, 7) is 5.84. The second-order valence-electron chi connectivity index (χ2n) is 7.67. The maximum Gasteiger partial charge on any atom is 0.227 e. The molecule has 0 saturated carbocycles. The van der Waals surface area contributed by atoms with Crippen molar-refractivity contribution in [1.29, 1.82) is 0 Å². The first-order valence-corrected chi connectivity index (χ1v) is 11.5. The summed E-state index contributed by atoms with van der Waals surface area (Å²) in [5.74, 6) is 0.804. The van der Waals surface area contributed by atoms with Crippen molar-refractivity contribution in [2.24, 2.45) is 0 Å². The number of nitrogens with zero attached hydrogens (tertiary/aromatic N) is 3. The van der Waals surface area contributed by atoms with Crippen molar-refractivity contribution in [3.8, 4) is 17.0 Å². The fraction of sp³-hybridized carbons (Fsp3) is 0.333. The predicted octanol–water partition coefficient (Wildman–Crippen LogP) is 3.97. The highest BCUT2D eigenvalue weighted by molar-refractivity contribution is 7.14. The van der Waals surface area contributed by atoms with Crippen molar-refractivity contribution in [2.75, 3.05) is 45.2 Å². The highest BCUT2D eigenvalue weighted by Gasteiger charge is 2.18. The molecule has 6 nitrogen and oxygen atoms in total. The van der Waals surface area contributed by atoms with E-state index < -0.39 is 0 Å². The molecule has 1 saturated heterocycles. The van der Waals surface area contributed by atoms with Crippen LogP contribution in [0.1, 0.15) is 12.0 Å². The Hall–Kier alpha value is -2.74. The van der Waals surface area contributed by atoms with E-state index in [0.717, 1.165) is 56.3 Å². The Morgan fingerprint density at radius 1 is 1.06 bits per heavy atom. The van der Waals surface area contributed by atoms with E-state index in [-0.39, 0.29) is 5.91 Å². The van der Waals surface area contributed by atoms with E-state index in [2.05, 4.69) is 50.4 Å². The maximum absolute atomic E-state index is 12.4. The van der Waals surface area contributed by atoms with Crippen LogP contribution in [0.3, 0.4) is 0 Å². The molecule has 0 spiro atoms. The Balaban J connectivity index is 1.20. The lowest BCUT2D eigenvalue weighted by Gasteiger charge is -2.34. The van der Waals surface area contributed by atoms with Crippen LogP contribution in [0.5, 0.6) is 5.75 Å². The van der Waals surface area contributed by atoms with Crippen LogP contribution in [0.15, 0.2) is 60.0 Å². The number of benzene rings is 2. The van der Waals surface area contributed by atoms with Gasteiger partial charge in [0, 0.05) is 56.6 Å². The molecule has 162 valence electrons. The van der Waals surface area contributed by atoms with Crippen LogP contribution in [0.25, 0.3) is 11.3 Å². The van der Waals surface area contributed by atoms with Gasteiger partial charge < -0.3 is 15.0 Å². The molecule has 4 rings (SSSR count). The molecule has 3 aromatic rings. The van der Waals surface area contributed by atoms with Crippen LogP contribution in [0.2, 0.25) is 0 Å². The van der Waals surface area contributed by atoms with E-state index in [9.17, 15) is 4.79 Å². The summed E-state index contributed by atoms with van der Waals surface area (Å²) in [4.78, 5) is 21.8. The summed E-state index contributed by atoms with van der Waals surface area (Å²) in [5.41, 5.74) is 3.17. The fourth-order valence-electron chi connectivity index (χ4n) is 3.70. The minimum Gasteiger partial charge on any atom is -0.497 e. The molecule has 7 heteroatoms. The second kappa shape index (κ2) is 10.5. The van der Waals surface area contributed by atoms with Gasteiger partial charge in [0.25, 0.3) is 0 Å². The normalized spacial score (nSPS) is 15.0. The number of anilines is 1. The summed E-state index contributed by atoms with van der Waals surface area (Å²) in [6, 6.07) is 18.4. The molecule has 0 unspecified atom stereocenters. The molecular formula is C24H28N4O2S. The first-order chi connectivity index (χ1) is 15.2. The smallest absolute Gasteiger partial charge is 0.227 e. The molecule has 0 aliphatic carbocycles. The highest BCUT2D eigenvalue weighted by atomic mass is 32.1. The van der Waals surface area contributed by atoms with Crippen molar-refractivity contribution < 1.29 is 9.53 Å². The number of methoxy groups -OCH3 is 1. The van der Waals surface area contributed by atoms with Crippen LogP contribution in [0, 0.1) is 0 Å². The molecule has 0 atom stereocenters. The molecule has 2 aromatic carbocycles.